The molecule has 0 aliphatic heterocycles. The van der Waals surface area contributed by atoms with Crippen molar-refractivity contribution in [3.8, 4) is 11.5 Å². The summed E-state index contributed by atoms with van der Waals surface area (Å²) in [5.41, 5.74) is -0.143. The van der Waals surface area contributed by atoms with Crippen molar-refractivity contribution < 1.29 is 27.4 Å². The molecule has 0 heterocycles. The first-order chi connectivity index (χ1) is 15.0. The molecule has 2 rings (SSSR count). The largest absolute Gasteiger partial charge is 0.493 e. The van der Waals surface area contributed by atoms with Crippen LogP contribution in [0.1, 0.15) is 81.1 Å². The second kappa shape index (κ2) is 13.0. The van der Waals surface area contributed by atoms with Crippen molar-refractivity contribution in [2.75, 3.05) is 6.61 Å². The molecule has 6 heteroatoms. The Labute approximate surface area is 182 Å². The predicted molar refractivity (Wildman–Crippen MR) is 115 cm³/mol. The molecule has 0 bridgehead atoms. The molecule has 0 atom stereocenters. The van der Waals surface area contributed by atoms with Crippen molar-refractivity contribution in [2.24, 2.45) is 0 Å². The summed E-state index contributed by atoms with van der Waals surface area (Å²) in [7, 11) is 0. The first-order valence-corrected chi connectivity index (χ1v) is 11.1. The molecule has 0 spiro atoms. The highest BCUT2D eigenvalue weighted by molar-refractivity contribution is 5.91. The van der Waals surface area contributed by atoms with Crippen LogP contribution in [-0.2, 0) is 6.42 Å². The van der Waals surface area contributed by atoms with Gasteiger partial charge in [0, 0.05) is 6.07 Å². The molecule has 0 aliphatic carbocycles. The summed E-state index contributed by atoms with van der Waals surface area (Å²) in [4.78, 5) is 12.3. The third-order valence-corrected chi connectivity index (χ3v) is 5.06. The molecule has 0 fully saturated rings. The molecule has 0 N–H and O–H groups in total. The monoisotopic (exact) mass is 436 g/mol. The molecule has 0 unspecified atom stereocenters. The van der Waals surface area contributed by atoms with E-state index in [1.165, 1.54) is 30.7 Å². The summed E-state index contributed by atoms with van der Waals surface area (Å²) in [6.07, 6.45) is 8.40. The van der Waals surface area contributed by atoms with Gasteiger partial charge in [-0.05, 0) is 43.0 Å². The molecular formula is C25H31F3O3. The van der Waals surface area contributed by atoms with Crippen molar-refractivity contribution in [3.63, 3.8) is 0 Å². The first-order valence-electron chi connectivity index (χ1n) is 11.1. The zero-order valence-electron chi connectivity index (χ0n) is 18.3. The quantitative estimate of drug-likeness (QED) is 0.186. The van der Waals surface area contributed by atoms with Crippen molar-refractivity contribution in [1.82, 2.24) is 0 Å². The van der Waals surface area contributed by atoms with Gasteiger partial charge in [-0.15, -0.1) is 0 Å². The van der Waals surface area contributed by atoms with Gasteiger partial charge in [0.15, 0.2) is 11.6 Å². The number of halogens is 3. The standard InChI is InChI=1S/C25H31F3O3/c1-3-5-7-8-10-16-30-19-13-14-20(21(26)17-19)25(29)31-22-15-12-18(11-9-6-4-2)23(27)24(22)28/h12-15,17H,3-11,16H2,1-2H3. The van der Waals surface area contributed by atoms with Crippen LogP contribution in [-0.4, -0.2) is 12.6 Å². The Hall–Kier alpha value is -2.50. The lowest BCUT2D eigenvalue weighted by molar-refractivity contribution is 0.0721. The fourth-order valence-electron chi connectivity index (χ4n) is 3.21. The minimum atomic E-state index is -1.24. The Kier molecular flexibility index (Phi) is 10.4. The van der Waals surface area contributed by atoms with Gasteiger partial charge >= 0.3 is 5.97 Å². The summed E-state index contributed by atoms with van der Waals surface area (Å²) in [5.74, 6) is -4.48. The number of carbonyl (C=O) groups is 1. The van der Waals surface area contributed by atoms with Crippen LogP contribution in [0.5, 0.6) is 11.5 Å². The fourth-order valence-corrected chi connectivity index (χ4v) is 3.21. The van der Waals surface area contributed by atoms with Gasteiger partial charge in [-0.1, -0.05) is 58.4 Å². The summed E-state index contributed by atoms with van der Waals surface area (Å²) in [5, 5.41) is 0. The van der Waals surface area contributed by atoms with E-state index >= 15 is 0 Å². The lowest BCUT2D eigenvalue weighted by Gasteiger charge is -2.11. The van der Waals surface area contributed by atoms with Crippen LogP contribution in [0.4, 0.5) is 13.2 Å². The van der Waals surface area contributed by atoms with Crippen LogP contribution in [0.3, 0.4) is 0 Å². The molecule has 0 radical (unpaired) electrons. The molecule has 0 aromatic heterocycles. The van der Waals surface area contributed by atoms with Crippen LogP contribution in [0.15, 0.2) is 30.3 Å². The fraction of sp³-hybridized carbons (Fsp3) is 0.480. The maximum atomic E-state index is 14.3. The first kappa shape index (κ1) is 24.8. The van der Waals surface area contributed by atoms with E-state index in [1.807, 2.05) is 6.92 Å². The Balaban J connectivity index is 1.96. The predicted octanol–water partition coefficient (Wildman–Crippen LogP) is 7.41. The summed E-state index contributed by atoms with van der Waals surface area (Å²) in [6.45, 7) is 4.62. The number of unbranched alkanes of at least 4 members (excludes halogenated alkanes) is 6. The van der Waals surface area contributed by atoms with Crippen molar-refractivity contribution in [1.29, 1.82) is 0 Å². The van der Waals surface area contributed by atoms with Gasteiger partial charge in [0.25, 0.3) is 0 Å². The number of carbonyl (C=O) groups excluding carboxylic acids is 1. The number of aryl methyl sites for hydroxylation is 1. The van der Waals surface area contributed by atoms with E-state index in [0.29, 0.717) is 18.8 Å². The zero-order chi connectivity index (χ0) is 22.6. The van der Waals surface area contributed by atoms with Gasteiger partial charge in [-0.25, -0.2) is 13.6 Å². The Bertz CT molecular complexity index is 852. The molecule has 0 amide bonds. The third-order valence-electron chi connectivity index (χ3n) is 5.06. The van der Waals surface area contributed by atoms with Crippen LogP contribution in [0, 0.1) is 17.5 Å². The second-order valence-corrected chi connectivity index (χ2v) is 7.60. The number of hydrogen-bond donors (Lipinski definition) is 0. The highest BCUT2D eigenvalue weighted by Gasteiger charge is 2.20. The van der Waals surface area contributed by atoms with Crippen molar-refractivity contribution >= 4 is 5.97 Å². The lowest BCUT2D eigenvalue weighted by atomic mass is 10.1. The molecule has 31 heavy (non-hydrogen) atoms. The molecular weight excluding hydrogens is 405 g/mol. The Morgan fingerprint density at radius 2 is 1.55 bits per heavy atom. The van der Waals surface area contributed by atoms with E-state index in [0.717, 1.165) is 51.0 Å². The number of rotatable bonds is 13. The molecule has 2 aromatic rings. The van der Waals surface area contributed by atoms with Gasteiger partial charge in [0.05, 0.1) is 12.2 Å². The number of ether oxygens (including phenoxy) is 2. The molecule has 3 nitrogen and oxygen atoms in total. The van der Waals surface area contributed by atoms with Crippen LogP contribution in [0.2, 0.25) is 0 Å². The smallest absolute Gasteiger partial charge is 0.346 e. The van der Waals surface area contributed by atoms with E-state index in [4.69, 9.17) is 9.47 Å². The molecule has 2 aromatic carbocycles. The SMILES string of the molecule is CCCCCCCOc1ccc(C(=O)Oc2ccc(CCCCC)c(F)c2F)c(F)c1. The number of esters is 1. The van der Waals surface area contributed by atoms with Crippen LogP contribution >= 0.6 is 0 Å². The highest BCUT2D eigenvalue weighted by Crippen LogP contribution is 2.26. The van der Waals surface area contributed by atoms with Crippen LogP contribution < -0.4 is 9.47 Å². The highest BCUT2D eigenvalue weighted by atomic mass is 19.2. The normalized spacial score (nSPS) is 10.9. The molecule has 170 valence electrons. The maximum Gasteiger partial charge on any atom is 0.346 e. The van der Waals surface area contributed by atoms with E-state index in [9.17, 15) is 18.0 Å². The Morgan fingerprint density at radius 1 is 0.839 bits per heavy atom. The topological polar surface area (TPSA) is 35.5 Å². The summed E-state index contributed by atoms with van der Waals surface area (Å²) in [6, 6.07) is 6.36. The minimum Gasteiger partial charge on any atom is -0.493 e. The van der Waals surface area contributed by atoms with E-state index in [-0.39, 0.29) is 11.1 Å². The number of hydrogen-bond acceptors (Lipinski definition) is 3. The second-order valence-electron chi connectivity index (χ2n) is 7.60. The molecule has 0 aliphatic rings. The number of benzene rings is 2. The van der Waals surface area contributed by atoms with Crippen LogP contribution in [0.25, 0.3) is 0 Å². The zero-order valence-corrected chi connectivity index (χ0v) is 18.3. The van der Waals surface area contributed by atoms with E-state index < -0.39 is 29.2 Å². The summed E-state index contributed by atoms with van der Waals surface area (Å²) < 4.78 is 53.3. The lowest BCUT2D eigenvalue weighted by Crippen LogP contribution is -2.13. The van der Waals surface area contributed by atoms with Gasteiger partial charge < -0.3 is 9.47 Å². The average Bonchev–Trinajstić information content (AvgIpc) is 2.75. The van der Waals surface area contributed by atoms with Crippen molar-refractivity contribution in [2.45, 2.75) is 71.6 Å². The van der Waals surface area contributed by atoms with Gasteiger partial charge in [-0.3, -0.25) is 0 Å². The van der Waals surface area contributed by atoms with E-state index in [2.05, 4.69) is 6.92 Å². The van der Waals surface area contributed by atoms with E-state index in [1.54, 1.807) is 0 Å². The third kappa shape index (κ3) is 7.60. The maximum absolute atomic E-state index is 14.3. The van der Waals surface area contributed by atoms with Crippen molar-refractivity contribution in [3.05, 3.63) is 58.9 Å². The molecule has 0 saturated heterocycles. The molecule has 0 saturated carbocycles. The minimum absolute atomic E-state index is 0.230. The van der Waals surface area contributed by atoms with Gasteiger partial charge in [0.1, 0.15) is 11.6 Å². The summed E-state index contributed by atoms with van der Waals surface area (Å²) >= 11 is 0. The Morgan fingerprint density at radius 3 is 2.26 bits per heavy atom. The van der Waals surface area contributed by atoms with Gasteiger partial charge in [0.2, 0.25) is 5.82 Å². The van der Waals surface area contributed by atoms with Gasteiger partial charge in [-0.2, -0.15) is 4.39 Å². The average molecular weight is 437 g/mol.